The number of hydrogen-bond donors (Lipinski definition) is 0. The van der Waals surface area contributed by atoms with E-state index in [1.165, 1.54) is 0 Å². The van der Waals surface area contributed by atoms with Crippen molar-refractivity contribution in [3.05, 3.63) is 5.82 Å². The molecule has 0 unspecified atom stereocenters. The van der Waals surface area contributed by atoms with Gasteiger partial charge in [0.15, 0.2) is 0 Å². The summed E-state index contributed by atoms with van der Waals surface area (Å²) < 4.78 is 29.0. The largest absolute Gasteiger partial charge is 0.325 e. The topological polar surface area (TPSA) is 42.2 Å². The summed E-state index contributed by atoms with van der Waals surface area (Å²) in [7, 11) is 0. The normalized spacial score (nSPS) is 10.9. The summed E-state index contributed by atoms with van der Waals surface area (Å²) in [6, 6.07) is 0.171. The third-order valence-electron chi connectivity index (χ3n) is 1.77. The number of halogens is 2. The molecule has 1 heterocycles. The van der Waals surface area contributed by atoms with Crippen molar-refractivity contribution < 1.29 is 13.3 Å². The van der Waals surface area contributed by atoms with E-state index in [2.05, 4.69) is 10.1 Å². The van der Waals surface area contributed by atoms with E-state index in [1.54, 1.807) is 4.90 Å². The number of rotatable bonds is 5. The highest BCUT2D eigenvalue weighted by Crippen LogP contribution is 2.18. The van der Waals surface area contributed by atoms with E-state index >= 15 is 0 Å². The van der Waals surface area contributed by atoms with Gasteiger partial charge in [-0.15, -0.1) is 0 Å². The maximum atomic E-state index is 12.1. The van der Waals surface area contributed by atoms with Crippen molar-refractivity contribution in [2.45, 2.75) is 26.7 Å². The molecular weight excluding hydrogens is 192 g/mol. The molecule has 0 aliphatic rings. The Morgan fingerprint density at radius 2 is 2.14 bits per heavy atom. The van der Waals surface area contributed by atoms with Crippen molar-refractivity contribution in [2.24, 2.45) is 0 Å². The smallest absolute Gasteiger partial charge is 0.324 e. The molecule has 0 aliphatic carbocycles. The lowest BCUT2D eigenvalue weighted by atomic mass is 10.4. The summed E-state index contributed by atoms with van der Waals surface area (Å²) in [6.45, 7) is 5.29. The lowest BCUT2D eigenvalue weighted by molar-refractivity contribution is 0.136. The fourth-order valence-corrected chi connectivity index (χ4v) is 1.10. The van der Waals surface area contributed by atoms with Gasteiger partial charge in [-0.25, -0.2) is 8.78 Å². The van der Waals surface area contributed by atoms with Crippen molar-refractivity contribution in [3.63, 3.8) is 0 Å². The lowest BCUT2D eigenvalue weighted by Crippen LogP contribution is -2.23. The average molecular weight is 205 g/mol. The Kier molecular flexibility index (Phi) is 3.79. The molecule has 6 heteroatoms. The van der Waals surface area contributed by atoms with Crippen LogP contribution in [0.2, 0.25) is 0 Å². The molecule has 0 aromatic carbocycles. The van der Waals surface area contributed by atoms with E-state index in [-0.39, 0.29) is 6.01 Å². The summed E-state index contributed by atoms with van der Waals surface area (Å²) in [6.07, 6.45) is -1.77. The second-order valence-corrected chi connectivity index (χ2v) is 2.82. The Labute approximate surface area is 80.9 Å². The van der Waals surface area contributed by atoms with Crippen LogP contribution in [-0.4, -0.2) is 23.2 Å². The highest BCUT2D eigenvalue weighted by Gasteiger charge is 2.18. The van der Waals surface area contributed by atoms with Gasteiger partial charge in [-0.2, -0.15) is 4.98 Å². The Balaban J connectivity index is 2.73. The summed E-state index contributed by atoms with van der Waals surface area (Å²) in [5.41, 5.74) is 0. The molecule has 1 aromatic heterocycles. The minimum Gasteiger partial charge on any atom is -0.325 e. The first-order valence-electron chi connectivity index (χ1n) is 4.55. The minimum absolute atomic E-state index is 0.171. The van der Waals surface area contributed by atoms with Crippen molar-refractivity contribution in [1.82, 2.24) is 10.1 Å². The van der Waals surface area contributed by atoms with Crippen LogP contribution in [-0.2, 0) is 0 Å². The predicted octanol–water partition coefficient (Wildman–Crippen LogP) is 2.24. The first-order chi connectivity index (χ1) is 6.69. The van der Waals surface area contributed by atoms with Gasteiger partial charge in [0, 0.05) is 13.1 Å². The number of hydrogen-bond acceptors (Lipinski definition) is 4. The zero-order chi connectivity index (χ0) is 10.6. The van der Waals surface area contributed by atoms with Crippen LogP contribution in [0.3, 0.4) is 0 Å². The van der Waals surface area contributed by atoms with Crippen molar-refractivity contribution >= 4 is 6.01 Å². The molecule has 80 valence electrons. The Morgan fingerprint density at radius 3 is 2.57 bits per heavy atom. The highest BCUT2D eigenvalue weighted by molar-refractivity contribution is 5.24. The fraction of sp³-hybridized carbons (Fsp3) is 0.750. The average Bonchev–Trinajstić information content (AvgIpc) is 2.63. The molecule has 0 aliphatic heterocycles. The zero-order valence-electron chi connectivity index (χ0n) is 8.20. The number of anilines is 1. The highest BCUT2D eigenvalue weighted by atomic mass is 19.3. The molecule has 0 fully saturated rings. The Morgan fingerprint density at radius 1 is 1.43 bits per heavy atom. The summed E-state index contributed by atoms with van der Waals surface area (Å²) in [5, 5.41) is 3.19. The summed E-state index contributed by atoms with van der Waals surface area (Å²) in [5.74, 6) is -0.547. The van der Waals surface area contributed by atoms with Crippen LogP contribution >= 0.6 is 0 Å². The molecule has 14 heavy (non-hydrogen) atoms. The number of nitrogens with zero attached hydrogens (tertiary/aromatic N) is 3. The van der Waals surface area contributed by atoms with Gasteiger partial charge in [0.25, 0.3) is 0 Å². The van der Waals surface area contributed by atoms with Crippen LogP contribution in [0.4, 0.5) is 14.8 Å². The first-order valence-corrected chi connectivity index (χ1v) is 4.55. The monoisotopic (exact) mass is 205 g/mol. The van der Waals surface area contributed by atoms with Crippen LogP contribution in [0.15, 0.2) is 4.52 Å². The number of aromatic nitrogens is 2. The molecule has 0 saturated heterocycles. The van der Waals surface area contributed by atoms with E-state index < -0.39 is 12.2 Å². The molecule has 0 bridgehead atoms. The second-order valence-electron chi connectivity index (χ2n) is 2.82. The molecule has 0 radical (unpaired) electrons. The predicted molar refractivity (Wildman–Crippen MR) is 47.4 cm³/mol. The molecule has 0 amide bonds. The molecule has 4 nitrogen and oxygen atoms in total. The van der Waals surface area contributed by atoms with E-state index in [1.807, 2.05) is 13.8 Å². The van der Waals surface area contributed by atoms with Crippen LogP contribution in [0.5, 0.6) is 0 Å². The molecule has 0 spiro atoms. The van der Waals surface area contributed by atoms with Crippen LogP contribution in [0.1, 0.15) is 32.5 Å². The van der Waals surface area contributed by atoms with Crippen LogP contribution in [0, 0.1) is 0 Å². The van der Waals surface area contributed by atoms with Gasteiger partial charge in [0.1, 0.15) is 0 Å². The van der Waals surface area contributed by atoms with Gasteiger partial charge in [-0.05, 0) is 13.3 Å². The van der Waals surface area contributed by atoms with Crippen molar-refractivity contribution in [3.8, 4) is 0 Å². The molecule has 0 N–H and O–H groups in total. The maximum Gasteiger partial charge on any atom is 0.324 e. The zero-order valence-corrected chi connectivity index (χ0v) is 8.20. The van der Waals surface area contributed by atoms with E-state index in [4.69, 9.17) is 4.52 Å². The second kappa shape index (κ2) is 4.88. The van der Waals surface area contributed by atoms with E-state index in [9.17, 15) is 8.78 Å². The van der Waals surface area contributed by atoms with Gasteiger partial charge in [-0.3, -0.25) is 0 Å². The summed E-state index contributed by atoms with van der Waals surface area (Å²) >= 11 is 0. The molecule has 0 atom stereocenters. The first kappa shape index (κ1) is 10.9. The Bertz CT molecular complexity index is 277. The van der Waals surface area contributed by atoms with Gasteiger partial charge < -0.3 is 9.42 Å². The van der Waals surface area contributed by atoms with Gasteiger partial charge in [-0.1, -0.05) is 12.1 Å². The van der Waals surface area contributed by atoms with Gasteiger partial charge in [0.05, 0.1) is 0 Å². The van der Waals surface area contributed by atoms with E-state index in [0.29, 0.717) is 6.54 Å². The fourth-order valence-electron chi connectivity index (χ4n) is 1.10. The minimum atomic E-state index is -2.67. The van der Waals surface area contributed by atoms with Gasteiger partial charge in [0.2, 0.25) is 5.82 Å². The van der Waals surface area contributed by atoms with E-state index in [0.717, 1.165) is 13.0 Å². The standard InChI is InChI=1S/C8H13F2N3O/c1-3-5-13(4-2)8-11-7(6(9)10)12-14-8/h6H,3-5H2,1-2H3. The van der Waals surface area contributed by atoms with Gasteiger partial charge >= 0.3 is 12.4 Å². The van der Waals surface area contributed by atoms with Crippen LogP contribution in [0.25, 0.3) is 0 Å². The third-order valence-corrected chi connectivity index (χ3v) is 1.77. The quantitative estimate of drug-likeness (QED) is 0.739. The Hall–Kier alpha value is -1.20. The van der Waals surface area contributed by atoms with Crippen LogP contribution < -0.4 is 4.90 Å². The third kappa shape index (κ3) is 2.40. The SMILES string of the molecule is CCCN(CC)c1nc(C(F)F)no1. The molecule has 1 aromatic rings. The van der Waals surface area contributed by atoms with Crippen molar-refractivity contribution in [2.75, 3.05) is 18.0 Å². The number of alkyl halides is 2. The molecule has 0 saturated carbocycles. The molecule has 1 rings (SSSR count). The van der Waals surface area contributed by atoms with Crippen molar-refractivity contribution in [1.29, 1.82) is 0 Å². The maximum absolute atomic E-state index is 12.1. The summed E-state index contributed by atoms with van der Waals surface area (Å²) in [4.78, 5) is 5.36. The molecular formula is C8H13F2N3O. The lowest BCUT2D eigenvalue weighted by Gasteiger charge is -2.15.